The lowest BCUT2D eigenvalue weighted by Crippen LogP contribution is -2.42. The first-order valence-corrected chi connectivity index (χ1v) is 12.7. The average molecular weight is 528 g/mol. The number of alkyl halides is 3. The number of imidazole rings is 1. The first-order chi connectivity index (χ1) is 16.8. The van der Waals surface area contributed by atoms with E-state index in [4.69, 9.17) is 9.47 Å². The summed E-state index contributed by atoms with van der Waals surface area (Å²) in [6.45, 7) is 4.46. The van der Waals surface area contributed by atoms with Gasteiger partial charge in [-0.3, -0.25) is 0 Å². The number of anilines is 1. The van der Waals surface area contributed by atoms with Crippen molar-refractivity contribution >= 4 is 32.8 Å². The van der Waals surface area contributed by atoms with Gasteiger partial charge in [0.15, 0.2) is 9.84 Å². The van der Waals surface area contributed by atoms with Crippen molar-refractivity contribution < 1.29 is 35.9 Å². The number of benzene rings is 1. The summed E-state index contributed by atoms with van der Waals surface area (Å²) in [6.07, 6.45) is -2.98. The van der Waals surface area contributed by atoms with Gasteiger partial charge in [-0.25, -0.2) is 23.2 Å². The van der Waals surface area contributed by atoms with E-state index in [1.165, 1.54) is 12.1 Å². The summed E-state index contributed by atoms with van der Waals surface area (Å²) >= 11 is 0. The lowest BCUT2D eigenvalue weighted by atomic mass is 10.00. The van der Waals surface area contributed by atoms with Crippen LogP contribution in [0.25, 0.3) is 11.0 Å². The Kier molecular flexibility index (Phi) is 6.35. The first-order valence-electron chi connectivity index (χ1n) is 10.8. The van der Waals surface area contributed by atoms with E-state index >= 15 is 0 Å². The summed E-state index contributed by atoms with van der Waals surface area (Å²) in [4.78, 5) is 26.5. The van der Waals surface area contributed by atoms with Crippen LogP contribution >= 0.6 is 0 Å². The van der Waals surface area contributed by atoms with Crippen molar-refractivity contribution in [3.05, 3.63) is 35.3 Å². The topological polar surface area (TPSA) is 117 Å². The smallest absolute Gasteiger partial charge is 0.423 e. The largest absolute Gasteiger partial charge is 0.480 e. The molecule has 0 bridgehead atoms. The molecule has 0 amide bonds. The van der Waals surface area contributed by atoms with Crippen molar-refractivity contribution in [1.29, 1.82) is 0 Å². The summed E-state index contributed by atoms with van der Waals surface area (Å²) < 4.78 is 76.2. The zero-order valence-electron chi connectivity index (χ0n) is 20.1. The van der Waals surface area contributed by atoms with Gasteiger partial charge in [0.25, 0.3) is 0 Å². The molecule has 1 atom stereocenters. The van der Waals surface area contributed by atoms with Crippen LogP contribution < -0.4 is 9.64 Å². The van der Waals surface area contributed by atoms with E-state index in [2.05, 4.69) is 15.0 Å². The summed E-state index contributed by atoms with van der Waals surface area (Å²) in [7, 11) is -1.51. The van der Waals surface area contributed by atoms with Gasteiger partial charge in [-0.1, -0.05) is 13.8 Å². The maximum absolute atomic E-state index is 13.3. The molecule has 194 valence electrons. The van der Waals surface area contributed by atoms with Crippen molar-refractivity contribution in [3.63, 3.8) is 0 Å². The number of carbonyl (C=O) groups excluding carboxylic acids is 1. The monoisotopic (exact) mass is 527 g/mol. The second-order valence-corrected chi connectivity index (χ2v) is 10.7. The molecule has 0 saturated heterocycles. The Bertz CT molecular complexity index is 1450. The number of hydrogen-bond donors (Lipinski definition) is 0. The van der Waals surface area contributed by atoms with E-state index in [0.717, 1.165) is 20.5 Å². The molecule has 0 saturated carbocycles. The number of rotatable bonds is 5. The van der Waals surface area contributed by atoms with Gasteiger partial charge in [-0.05, 0) is 18.1 Å². The van der Waals surface area contributed by atoms with E-state index in [1.807, 2.05) is 18.4 Å². The SMILES string of the molecule is COC(=O)c1cc2nc3n(c2cc1S(C)(=O)=O)CCN(c1ncc(C(F)(F)F)c(OC)n1)C3C(C)C. The molecule has 3 aromatic rings. The van der Waals surface area contributed by atoms with Crippen LogP contribution in [0.2, 0.25) is 0 Å². The summed E-state index contributed by atoms with van der Waals surface area (Å²) in [5.74, 6) is -0.906. The molecule has 0 N–H and O–H groups in total. The zero-order chi connectivity index (χ0) is 26.6. The molecule has 10 nitrogen and oxygen atoms in total. The molecule has 0 fully saturated rings. The number of halogens is 3. The lowest BCUT2D eigenvalue weighted by Gasteiger charge is -2.38. The highest BCUT2D eigenvalue weighted by Crippen LogP contribution is 2.40. The van der Waals surface area contributed by atoms with E-state index in [0.29, 0.717) is 36.1 Å². The number of hydrogen-bond acceptors (Lipinski definition) is 9. The standard InChI is InChI=1S/C22H24F3N5O5S/c1-11(2)17-18-27-14-8-12(20(31)35-4)16(36(5,32)33)9-15(14)29(18)6-7-30(17)21-26-10-13(22(23,24)25)19(28-21)34-3/h8-11,17H,6-7H2,1-5H3. The minimum absolute atomic E-state index is 0.0453. The number of fused-ring (bicyclic) bond motifs is 3. The Morgan fingerprint density at radius 3 is 2.42 bits per heavy atom. The van der Waals surface area contributed by atoms with Crippen LogP contribution in [-0.4, -0.2) is 60.9 Å². The van der Waals surface area contributed by atoms with Crippen LogP contribution in [0.5, 0.6) is 5.88 Å². The Hall–Kier alpha value is -3.42. The molecule has 3 heterocycles. The van der Waals surface area contributed by atoms with Crippen LogP contribution in [-0.2, 0) is 27.3 Å². The number of carbonyl (C=O) groups is 1. The highest BCUT2D eigenvalue weighted by Gasteiger charge is 2.39. The van der Waals surface area contributed by atoms with Gasteiger partial charge in [0.05, 0.1) is 41.8 Å². The third-order valence-corrected chi connectivity index (χ3v) is 7.11. The molecule has 0 spiro atoms. The molecular formula is C22H24F3N5O5S. The van der Waals surface area contributed by atoms with Gasteiger partial charge in [0, 0.05) is 25.5 Å². The zero-order valence-corrected chi connectivity index (χ0v) is 20.9. The van der Waals surface area contributed by atoms with E-state index < -0.39 is 39.5 Å². The minimum Gasteiger partial charge on any atom is -0.480 e. The lowest BCUT2D eigenvalue weighted by molar-refractivity contribution is -0.139. The van der Waals surface area contributed by atoms with Gasteiger partial charge < -0.3 is 18.9 Å². The van der Waals surface area contributed by atoms with E-state index in [1.54, 1.807) is 4.90 Å². The number of ether oxygens (including phenoxy) is 2. The predicted octanol–water partition coefficient (Wildman–Crippen LogP) is 3.26. The van der Waals surface area contributed by atoms with Gasteiger partial charge in [-0.2, -0.15) is 18.2 Å². The molecular weight excluding hydrogens is 503 g/mol. The van der Waals surface area contributed by atoms with Crippen molar-refractivity contribution in [2.24, 2.45) is 5.92 Å². The molecule has 2 aromatic heterocycles. The Labute approximate surface area is 205 Å². The van der Waals surface area contributed by atoms with Gasteiger partial charge in [-0.15, -0.1) is 0 Å². The predicted molar refractivity (Wildman–Crippen MR) is 123 cm³/mol. The average Bonchev–Trinajstić information content (AvgIpc) is 3.17. The van der Waals surface area contributed by atoms with E-state index in [9.17, 15) is 26.4 Å². The number of sulfone groups is 1. The molecule has 0 radical (unpaired) electrons. The second-order valence-electron chi connectivity index (χ2n) is 8.70. The van der Waals surface area contributed by atoms with Crippen molar-refractivity contribution in [2.75, 3.05) is 31.9 Å². The third-order valence-electron chi connectivity index (χ3n) is 5.98. The fourth-order valence-corrected chi connectivity index (χ4v) is 5.29. The number of methoxy groups -OCH3 is 2. The molecule has 1 aliphatic heterocycles. The summed E-state index contributed by atoms with van der Waals surface area (Å²) in [5.41, 5.74) is -0.315. The van der Waals surface area contributed by atoms with Gasteiger partial charge >= 0.3 is 12.1 Å². The molecule has 1 aliphatic rings. The molecule has 1 unspecified atom stereocenters. The maximum atomic E-state index is 13.3. The van der Waals surface area contributed by atoms with Crippen LogP contribution in [0, 0.1) is 5.92 Å². The highest BCUT2D eigenvalue weighted by atomic mass is 32.2. The molecule has 0 aliphatic carbocycles. The summed E-state index contributed by atoms with van der Waals surface area (Å²) in [6, 6.07) is 2.32. The van der Waals surface area contributed by atoms with E-state index in [-0.39, 0.29) is 22.3 Å². The molecule has 1 aromatic carbocycles. The quantitative estimate of drug-likeness (QED) is 0.461. The van der Waals surface area contributed by atoms with Crippen LogP contribution in [0.4, 0.5) is 19.1 Å². The number of aromatic nitrogens is 4. The molecule has 4 rings (SSSR count). The number of nitrogens with zero attached hydrogens (tertiary/aromatic N) is 5. The van der Waals surface area contributed by atoms with Crippen LogP contribution in [0.15, 0.2) is 23.2 Å². The van der Waals surface area contributed by atoms with Crippen LogP contribution in [0.3, 0.4) is 0 Å². The highest BCUT2D eigenvalue weighted by molar-refractivity contribution is 7.90. The fourth-order valence-electron chi connectivity index (χ4n) is 4.42. The van der Waals surface area contributed by atoms with Crippen molar-refractivity contribution in [1.82, 2.24) is 19.5 Å². The minimum atomic E-state index is -4.67. The van der Waals surface area contributed by atoms with Crippen molar-refractivity contribution in [2.45, 2.75) is 37.5 Å². The Morgan fingerprint density at radius 2 is 1.86 bits per heavy atom. The third kappa shape index (κ3) is 4.33. The van der Waals surface area contributed by atoms with Gasteiger partial charge in [0.1, 0.15) is 11.4 Å². The second kappa shape index (κ2) is 8.91. The van der Waals surface area contributed by atoms with Gasteiger partial charge in [0.2, 0.25) is 11.8 Å². The number of esters is 1. The Balaban J connectivity index is 1.88. The van der Waals surface area contributed by atoms with Crippen molar-refractivity contribution in [3.8, 4) is 5.88 Å². The summed E-state index contributed by atoms with van der Waals surface area (Å²) in [5, 5.41) is 0. The fraction of sp³-hybridized carbons (Fsp3) is 0.455. The molecule has 36 heavy (non-hydrogen) atoms. The molecule has 14 heteroatoms. The Morgan fingerprint density at radius 1 is 1.17 bits per heavy atom. The first kappa shape index (κ1) is 25.7. The van der Waals surface area contributed by atoms with Crippen LogP contribution in [0.1, 0.15) is 41.6 Å². The normalized spacial score (nSPS) is 16.4. The maximum Gasteiger partial charge on any atom is 0.423 e.